The Morgan fingerprint density at radius 3 is 2.61 bits per heavy atom. The highest BCUT2D eigenvalue weighted by Crippen LogP contribution is 2.29. The van der Waals surface area contributed by atoms with Crippen LogP contribution in [-0.2, 0) is 11.3 Å². The molecule has 2 aromatic rings. The van der Waals surface area contributed by atoms with E-state index < -0.39 is 0 Å². The predicted molar refractivity (Wildman–Crippen MR) is 112 cm³/mol. The third-order valence-electron chi connectivity index (χ3n) is 4.59. The van der Waals surface area contributed by atoms with Gasteiger partial charge in [0.2, 0.25) is 11.9 Å². The van der Waals surface area contributed by atoms with Gasteiger partial charge in [0.1, 0.15) is 5.76 Å². The maximum absolute atomic E-state index is 12.2. The number of carbonyl (C=O) groups is 1. The summed E-state index contributed by atoms with van der Waals surface area (Å²) in [6.07, 6.45) is 2.91. The Morgan fingerprint density at radius 2 is 2.00 bits per heavy atom. The van der Waals surface area contributed by atoms with Crippen molar-refractivity contribution in [1.82, 2.24) is 20.1 Å². The summed E-state index contributed by atoms with van der Waals surface area (Å²) in [6, 6.07) is 3.83. The second-order valence-corrected chi connectivity index (χ2v) is 9.83. The summed E-state index contributed by atoms with van der Waals surface area (Å²) in [4.78, 5) is 14.5. The van der Waals surface area contributed by atoms with Crippen LogP contribution in [0.2, 0.25) is 0 Å². The molecule has 0 bridgehead atoms. The van der Waals surface area contributed by atoms with Crippen molar-refractivity contribution in [3.8, 4) is 0 Å². The molecule has 1 saturated heterocycles. The van der Waals surface area contributed by atoms with E-state index in [9.17, 15) is 4.79 Å². The summed E-state index contributed by atoms with van der Waals surface area (Å²) in [6.45, 7) is 13.0. The fourth-order valence-electron chi connectivity index (χ4n) is 3.73. The number of piperidine rings is 1. The van der Waals surface area contributed by atoms with Crippen molar-refractivity contribution in [3.63, 3.8) is 0 Å². The van der Waals surface area contributed by atoms with E-state index in [2.05, 4.69) is 38.8 Å². The summed E-state index contributed by atoms with van der Waals surface area (Å²) < 4.78 is 7.62. The van der Waals surface area contributed by atoms with Crippen LogP contribution in [-0.4, -0.2) is 45.1 Å². The molecular weight excluding hydrogens is 374 g/mol. The Bertz CT molecular complexity index is 771. The zero-order valence-electron chi connectivity index (χ0n) is 17.4. The molecule has 3 heterocycles. The van der Waals surface area contributed by atoms with Crippen LogP contribution in [0.25, 0.3) is 0 Å². The molecular formula is C20H31N5O2S. The van der Waals surface area contributed by atoms with Crippen LogP contribution in [0.5, 0.6) is 0 Å². The fourth-order valence-corrected chi connectivity index (χ4v) is 4.46. The molecule has 1 aliphatic rings. The second kappa shape index (κ2) is 8.59. The van der Waals surface area contributed by atoms with E-state index in [0.29, 0.717) is 24.1 Å². The van der Waals surface area contributed by atoms with E-state index in [4.69, 9.17) is 4.42 Å². The van der Waals surface area contributed by atoms with Gasteiger partial charge in [-0.1, -0.05) is 25.6 Å². The summed E-state index contributed by atoms with van der Waals surface area (Å²) in [5.41, 5.74) is -0.245. The van der Waals surface area contributed by atoms with Gasteiger partial charge in [-0.3, -0.25) is 9.36 Å². The average molecular weight is 406 g/mol. The maximum atomic E-state index is 12.2. The van der Waals surface area contributed by atoms with Crippen LogP contribution in [0.4, 0.5) is 5.95 Å². The first-order valence-electron chi connectivity index (χ1n) is 9.85. The summed E-state index contributed by atoms with van der Waals surface area (Å²) in [5.74, 6) is 3.23. The highest BCUT2D eigenvalue weighted by Gasteiger charge is 2.27. The zero-order valence-corrected chi connectivity index (χ0v) is 18.3. The lowest BCUT2D eigenvalue weighted by Crippen LogP contribution is -2.41. The smallest absolute Gasteiger partial charge is 0.230 e. The van der Waals surface area contributed by atoms with Crippen molar-refractivity contribution < 1.29 is 9.21 Å². The molecule has 3 rings (SSSR count). The number of anilines is 1. The second-order valence-electron chi connectivity index (χ2n) is 8.89. The number of nitrogens with zero attached hydrogens (tertiary/aromatic N) is 4. The summed E-state index contributed by atoms with van der Waals surface area (Å²) in [5, 5.41) is 12.6. The van der Waals surface area contributed by atoms with E-state index in [1.54, 1.807) is 6.26 Å². The highest BCUT2D eigenvalue weighted by atomic mass is 32.2. The third-order valence-corrected chi connectivity index (χ3v) is 5.56. The van der Waals surface area contributed by atoms with Crippen LogP contribution in [0.1, 0.15) is 46.8 Å². The lowest BCUT2D eigenvalue weighted by atomic mass is 9.92. The Morgan fingerprint density at radius 1 is 1.29 bits per heavy atom. The molecule has 0 saturated carbocycles. The molecule has 28 heavy (non-hydrogen) atoms. The lowest BCUT2D eigenvalue weighted by molar-refractivity contribution is -0.119. The molecule has 0 unspecified atom stereocenters. The third kappa shape index (κ3) is 5.53. The van der Waals surface area contributed by atoms with Gasteiger partial charge in [-0.25, -0.2) is 0 Å². The molecule has 2 aromatic heterocycles. The lowest BCUT2D eigenvalue weighted by Gasteiger charge is -2.35. The fraction of sp³-hybridized carbons (Fsp3) is 0.650. The minimum absolute atomic E-state index is 0.00758. The standard InChI is InChI=1S/C20H31N5O2S/c1-14-9-15(2)11-24(10-14)18-22-23-19(25(18)12-16-7-6-8-27-16)28-13-17(26)21-20(3,4)5/h6-8,14-15H,9-13H2,1-5H3,(H,21,26)/t14-,15-/m0/s1. The minimum atomic E-state index is -0.245. The number of amides is 1. The van der Waals surface area contributed by atoms with Gasteiger partial charge in [0.15, 0.2) is 5.16 Å². The quantitative estimate of drug-likeness (QED) is 0.742. The maximum Gasteiger partial charge on any atom is 0.230 e. The minimum Gasteiger partial charge on any atom is -0.467 e. The number of hydrogen-bond donors (Lipinski definition) is 1. The normalized spacial score (nSPS) is 20.4. The summed E-state index contributed by atoms with van der Waals surface area (Å²) >= 11 is 1.41. The van der Waals surface area contributed by atoms with E-state index in [-0.39, 0.29) is 11.4 Å². The molecule has 8 heteroatoms. The number of aromatic nitrogens is 3. The van der Waals surface area contributed by atoms with E-state index in [1.165, 1.54) is 18.2 Å². The Hall–Kier alpha value is -1.96. The molecule has 1 fully saturated rings. The van der Waals surface area contributed by atoms with Gasteiger partial charge in [0.05, 0.1) is 18.6 Å². The largest absolute Gasteiger partial charge is 0.467 e. The molecule has 154 valence electrons. The Labute approximate surface area is 171 Å². The highest BCUT2D eigenvalue weighted by molar-refractivity contribution is 7.99. The van der Waals surface area contributed by atoms with E-state index in [1.807, 2.05) is 32.9 Å². The van der Waals surface area contributed by atoms with Gasteiger partial charge in [-0.2, -0.15) is 0 Å². The molecule has 2 atom stereocenters. The summed E-state index contributed by atoms with van der Waals surface area (Å²) in [7, 11) is 0. The average Bonchev–Trinajstić information content (AvgIpc) is 3.21. The van der Waals surface area contributed by atoms with Gasteiger partial charge in [-0.15, -0.1) is 10.2 Å². The van der Waals surface area contributed by atoms with Crippen molar-refractivity contribution in [2.24, 2.45) is 11.8 Å². The van der Waals surface area contributed by atoms with Gasteiger partial charge in [0.25, 0.3) is 0 Å². The number of carbonyl (C=O) groups excluding carboxylic acids is 1. The Kier molecular flexibility index (Phi) is 6.37. The van der Waals surface area contributed by atoms with Gasteiger partial charge in [-0.05, 0) is 51.2 Å². The van der Waals surface area contributed by atoms with Crippen LogP contribution in [0.15, 0.2) is 28.0 Å². The molecule has 1 N–H and O–H groups in total. The van der Waals surface area contributed by atoms with Crippen LogP contribution >= 0.6 is 11.8 Å². The SMILES string of the molecule is C[C@H]1C[C@H](C)CN(c2nnc(SCC(=O)NC(C)(C)C)n2Cc2ccco2)C1. The molecule has 7 nitrogen and oxygen atoms in total. The first kappa shape index (κ1) is 20.8. The van der Waals surface area contributed by atoms with Gasteiger partial charge in [0, 0.05) is 18.6 Å². The monoisotopic (exact) mass is 405 g/mol. The van der Waals surface area contributed by atoms with Crippen LogP contribution in [0.3, 0.4) is 0 Å². The molecule has 0 spiro atoms. The van der Waals surface area contributed by atoms with Gasteiger partial charge >= 0.3 is 0 Å². The van der Waals surface area contributed by atoms with Crippen molar-refractivity contribution >= 4 is 23.6 Å². The van der Waals surface area contributed by atoms with Crippen molar-refractivity contribution in [2.45, 2.75) is 58.3 Å². The molecule has 1 amide bonds. The van der Waals surface area contributed by atoms with Crippen molar-refractivity contribution in [3.05, 3.63) is 24.2 Å². The van der Waals surface area contributed by atoms with Gasteiger partial charge < -0.3 is 14.6 Å². The van der Waals surface area contributed by atoms with Crippen molar-refractivity contribution in [2.75, 3.05) is 23.7 Å². The first-order valence-corrected chi connectivity index (χ1v) is 10.8. The number of rotatable bonds is 6. The van der Waals surface area contributed by atoms with Crippen molar-refractivity contribution in [1.29, 1.82) is 0 Å². The zero-order chi connectivity index (χ0) is 20.3. The number of nitrogens with one attached hydrogen (secondary N) is 1. The molecule has 0 radical (unpaired) electrons. The Balaban J connectivity index is 1.79. The predicted octanol–water partition coefficient (Wildman–Crippen LogP) is 3.41. The van der Waals surface area contributed by atoms with E-state index in [0.717, 1.165) is 30.0 Å². The topological polar surface area (TPSA) is 76.2 Å². The molecule has 0 aromatic carbocycles. The number of hydrogen-bond acceptors (Lipinski definition) is 6. The first-order chi connectivity index (χ1) is 13.2. The van der Waals surface area contributed by atoms with Crippen LogP contribution in [0, 0.1) is 11.8 Å². The molecule has 1 aliphatic heterocycles. The molecule has 0 aliphatic carbocycles. The van der Waals surface area contributed by atoms with E-state index >= 15 is 0 Å². The number of furan rings is 1. The number of thioether (sulfide) groups is 1. The van der Waals surface area contributed by atoms with Crippen LogP contribution < -0.4 is 10.2 Å².